The van der Waals surface area contributed by atoms with Crippen molar-refractivity contribution >= 4 is 17.7 Å². The van der Waals surface area contributed by atoms with Gasteiger partial charge in [0.15, 0.2) is 0 Å². The van der Waals surface area contributed by atoms with Gasteiger partial charge in [0.1, 0.15) is 5.54 Å². The van der Waals surface area contributed by atoms with Crippen LogP contribution >= 0.6 is 0 Å². The standard InChI is InChI=1S/C22H24N2O4/c25-19(18-10-2-1-3-11-18)20(26)24-15-5-4-12-22(24,21(27)28)13-6-8-17-9-7-14-23-16-17/h1-3,7,9-11,14,16H,4-6,8,12-13,15H2,(H,27,28). The predicted octanol–water partition coefficient (Wildman–Crippen LogP) is 3.12. The van der Waals surface area contributed by atoms with Crippen molar-refractivity contribution in [1.82, 2.24) is 9.88 Å². The number of carboxylic acids is 1. The highest BCUT2D eigenvalue weighted by Crippen LogP contribution is 2.34. The molecular weight excluding hydrogens is 356 g/mol. The van der Waals surface area contributed by atoms with Gasteiger partial charge in [-0.15, -0.1) is 0 Å². The van der Waals surface area contributed by atoms with Gasteiger partial charge in [-0.25, -0.2) is 4.79 Å². The first-order chi connectivity index (χ1) is 13.5. The molecule has 3 rings (SSSR count). The highest BCUT2D eigenvalue weighted by Gasteiger charge is 2.48. The summed E-state index contributed by atoms with van der Waals surface area (Å²) in [7, 11) is 0. The lowest BCUT2D eigenvalue weighted by Gasteiger charge is -2.44. The van der Waals surface area contributed by atoms with Crippen LogP contribution in [0.4, 0.5) is 0 Å². The van der Waals surface area contributed by atoms with Crippen molar-refractivity contribution in [3.8, 4) is 0 Å². The quantitative estimate of drug-likeness (QED) is 0.589. The SMILES string of the molecule is O=C(C(=O)N1CCCCC1(CCCc1cccnc1)C(=O)O)c1ccccc1. The smallest absolute Gasteiger partial charge is 0.329 e. The molecule has 28 heavy (non-hydrogen) atoms. The van der Waals surface area contributed by atoms with Crippen molar-refractivity contribution in [3.63, 3.8) is 0 Å². The molecule has 0 bridgehead atoms. The number of aryl methyl sites for hydroxylation is 1. The third-order valence-corrected chi connectivity index (χ3v) is 5.39. The van der Waals surface area contributed by atoms with E-state index in [1.807, 2.05) is 12.1 Å². The summed E-state index contributed by atoms with van der Waals surface area (Å²) in [5.41, 5.74) is -0.0214. The van der Waals surface area contributed by atoms with Crippen LogP contribution in [0.15, 0.2) is 54.9 Å². The van der Waals surface area contributed by atoms with Gasteiger partial charge < -0.3 is 10.0 Å². The van der Waals surface area contributed by atoms with Crippen LogP contribution in [0.5, 0.6) is 0 Å². The summed E-state index contributed by atoms with van der Waals surface area (Å²) in [4.78, 5) is 43.3. The van der Waals surface area contributed by atoms with Gasteiger partial charge in [-0.2, -0.15) is 0 Å². The van der Waals surface area contributed by atoms with Crippen molar-refractivity contribution in [2.45, 2.75) is 44.1 Å². The van der Waals surface area contributed by atoms with Gasteiger partial charge >= 0.3 is 5.97 Å². The Morgan fingerprint density at radius 3 is 2.54 bits per heavy atom. The largest absolute Gasteiger partial charge is 0.479 e. The number of likely N-dealkylation sites (tertiary alicyclic amines) is 1. The van der Waals surface area contributed by atoms with Gasteiger partial charge in [-0.3, -0.25) is 14.6 Å². The Balaban J connectivity index is 1.79. The fourth-order valence-corrected chi connectivity index (χ4v) is 3.89. The molecule has 1 aliphatic heterocycles. The number of nitrogens with zero attached hydrogens (tertiary/aromatic N) is 2. The van der Waals surface area contributed by atoms with Crippen LogP contribution in [0.2, 0.25) is 0 Å². The molecule has 1 aliphatic rings. The number of Topliss-reactive ketones (excluding diaryl/α,β-unsaturated/α-hetero) is 1. The van der Waals surface area contributed by atoms with Crippen LogP contribution in [-0.2, 0) is 16.0 Å². The number of benzene rings is 1. The molecule has 1 amide bonds. The minimum absolute atomic E-state index is 0.285. The Kier molecular flexibility index (Phi) is 6.19. The van der Waals surface area contributed by atoms with Crippen LogP contribution in [-0.4, -0.2) is 44.7 Å². The summed E-state index contributed by atoms with van der Waals surface area (Å²) in [5.74, 6) is -2.41. The fraction of sp³-hybridized carbons (Fsp3) is 0.364. The highest BCUT2D eigenvalue weighted by molar-refractivity contribution is 6.43. The molecule has 0 spiro atoms. The van der Waals surface area contributed by atoms with Gasteiger partial charge in [0, 0.05) is 24.5 Å². The number of carbonyl (C=O) groups excluding carboxylic acids is 2. The lowest BCUT2D eigenvalue weighted by molar-refractivity contribution is -0.161. The molecule has 1 fully saturated rings. The third kappa shape index (κ3) is 4.11. The van der Waals surface area contributed by atoms with Gasteiger partial charge in [-0.1, -0.05) is 36.4 Å². The lowest BCUT2D eigenvalue weighted by Crippen LogP contribution is -2.60. The molecule has 2 heterocycles. The first kappa shape index (κ1) is 19.7. The Morgan fingerprint density at radius 2 is 1.86 bits per heavy atom. The van der Waals surface area contributed by atoms with E-state index in [0.29, 0.717) is 32.1 Å². The molecule has 1 aromatic carbocycles. The van der Waals surface area contributed by atoms with Crippen LogP contribution in [0.1, 0.15) is 48.0 Å². The number of hydrogen-bond donors (Lipinski definition) is 1. The summed E-state index contributed by atoms with van der Waals surface area (Å²) in [5, 5.41) is 10.0. The van der Waals surface area contributed by atoms with Crippen molar-refractivity contribution in [1.29, 1.82) is 0 Å². The number of aromatic nitrogens is 1. The normalized spacial score (nSPS) is 19.2. The number of rotatable bonds is 7. The van der Waals surface area contributed by atoms with E-state index in [9.17, 15) is 19.5 Å². The molecule has 0 radical (unpaired) electrons. The van der Waals surface area contributed by atoms with Gasteiger partial charge in [-0.05, 0) is 50.2 Å². The van der Waals surface area contributed by atoms with E-state index in [0.717, 1.165) is 12.0 Å². The van der Waals surface area contributed by atoms with Gasteiger partial charge in [0.05, 0.1) is 0 Å². The van der Waals surface area contributed by atoms with Crippen molar-refractivity contribution in [2.75, 3.05) is 6.54 Å². The zero-order valence-electron chi connectivity index (χ0n) is 15.7. The van der Waals surface area contributed by atoms with Crippen molar-refractivity contribution in [3.05, 3.63) is 66.0 Å². The van der Waals surface area contributed by atoms with Gasteiger partial charge in [0.2, 0.25) is 5.78 Å². The first-order valence-corrected chi connectivity index (χ1v) is 9.58. The van der Waals surface area contributed by atoms with Crippen LogP contribution in [0, 0.1) is 0 Å². The molecule has 2 aromatic rings. The second kappa shape index (κ2) is 8.78. The molecule has 1 saturated heterocycles. The number of hydrogen-bond acceptors (Lipinski definition) is 4. The summed E-state index contributed by atoms with van der Waals surface area (Å²) in [6.07, 6.45) is 6.83. The third-order valence-electron chi connectivity index (χ3n) is 5.39. The van der Waals surface area contributed by atoms with E-state index in [1.54, 1.807) is 42.7 Å². The maximum atomic E-state index is 13.0. The Hall–Kier alpha value is -3.02. The van der Waals surface area contributed by atoms with Crippen molar-refractivity contribution in [2.24, 2.45) is 0 Å². The van der Waals surface area contributed by atoms with Crippen LogP contribution < -0.4 is 0 Å². The second-order valence-corrected chi connectivity index (χ2v) is 7.16. The molecule has 0 aliphatic carbocycles. The Labute approximate surface area is 164 Å². The van der Waals surface area contributed by atoms with E-state index in [-0.39, 0.29) is 12.1 Å². The lowest BCUT2D eigenvalue weighted by atomic mass is 9.81. The molecular formula is C22H24N2O4. The van der Waals surface area contributed by atoms with E-state index in [4.69, 9.17) is 0 Å². The van der Waals surface area contributed by atoms with E-state index in [2.05, 4.69) is 4.98 Å². The molecule has 1 N–H and O–H groups in total. The number of amides is 1. The van der Waals surface area contributed by atoms with Gasteiger partial charge in [0.25, 0.3) is 5.91 Å². The molecule has 6 heteroatoms. The van der Waals surface area contributed by atoms with Crippen LogP contribution in [0.3, 0.4) is 0 Å². The monoisotopic (exact) mass is 380 g/mol. The minimum Gasteiger partial charge on any atom is -0.479 e. The number of carboxylic acid groups (broad SMARTS) is 1. The Bertz CT molecular complexity index is 838. The van der Waals surface area contributed by atoms with E-state index in [1.165, 1.54) is 4.90 Å². The van der Waals surface area contributed by atoms with Crippen molar-refractivity contribution < 1.29 is 19.5 Å². The maximum Gasteiger partial charge on any atom is 0.329 e. The molecule has 1 aromatic heterocycles. The maximum absolute atomic E-state index is 13.0. The first-order valence-electron chi connectivity index (χ1n) is 9.58. The Morgan fingerprint density at radius 1 is 1.07 bits per heavy atom. The molecule has 1 unspecified atom stereocenters. The topological polar surface area (TPSA) is 87.6 Å². The summed E-state index contributed by atoms with van der Waals surface area (Å²) in [6.45, 7) is 0.288. The average Bonchev–Trinajstić information content (AvgIpc) is 2.74. The number of piperidine rings is 1. The number of carbonyl (C=O) groups is 3. The van der Waals surface area contributed by atoms with Crippen LogP contribution in [0.25, 0.3) is 0 Å². The summed E-state index contributed by atoms with van der Waals surface area (Å²) >= 11 is 0. The molecule has 1 atom stereocenters. The number of ketones is 1. The summed E-state index contributed by atoms with van der Waals surface area (Å²) < 4.78 is 0. The minimum atomic E-state index is -1.33. The van der Waals surface area contributed by atoms with E-state index < -0.39 is 23.2 Å². The predicted molar refractivity (Wildman–Crippen MR) is 104 cm³/mol. The number of pyridine rings is 1. The highest BCUT2D eigenvalue weighted by atomic mass is 16.4. The molecule has 6 nitrogen and oxygen atoms in total. The zero-order valence-corrected chi connectivity index (χ0v) is 15.7. The fourth-order valence-electron chi connectivity index (χ4n) is 3.89. The molecule has 146 valence electrons. The molecule has 0 saturated carbocycles. The van der Waals surface area contributed by atoms with E-state index >= 15 is 0 Å². The second-order valence-electron chi connectivity index (χ2n) is 7.16. The average molecular weight is 380 g/mol. The summed E-state index contributed by atoms with van der Waals surface area (Å²) in [6, 6.07) is 12.1. The number of aliphatic carboxylic acids is 1. The zero-order chi connectivity index (χ0) is 20.0.